The van der Waals surface area contributed by atoms with Gasteiger partial charge in [0, 0.05) is 32.3 Å². The Hall–Kier alpha value is -3.79. The molecule has 0 aromatic rings. The van der Waals surface area contributed by atoms with Crippen molar-refractivity contribution in [1.29, 1.82) is 0 Å². The van der Waals surface area contributed by atoms with Crippen molar-refractivity contribution in [3.05, 3.63) is 72.5 Å². The van der Waals surface area contributed by atoms with Crippen LogP contribution in [0.3, 0.4) is 0 Å². The molecule has 2 N–H and O–H groups in total. The van der Waals surface area contributed by atoms with E-state index in [0.717, 1.165) is 5.57 Å². The van der Waals surface area contributed by atoms with Gasteiger partial charge in [-0.05, 0) is 51.6 Å². The Morgan fingerprint density at radius 2 is 1.79 bits per heavy atom. The fourth-order valence-electron chi connectivity index (χ4n) is 2.49. The van der Waals surface area contributed by atoms with Crippen LogP contribution < -0.4 is 10.6 Å². The van der Waals surface area contributed by atoms with E-state index in [-0.39, 0.29) is 24.1 Å². The van der Waals surface area contributed by atoms with Crippen LogP contribution in [0.15, 0.2) is 77.5 Å². The summed E-state index contributed by atoms with van der Waals surface area (Å²) in [6, 6.07) is 0. The summed E-state index contributed by atoms with van der Waals surface area (Å²) >= 11 is 0. The predicted octanol–water partition coefficient (Wildman–Crippen LogP) is 4.42. The minimum absolute atomic E-state index is 0.0227. The number of aliphatic imine (C=N–C) groups is 1. The van der Waals surface area contributed by atoms with Crippen LogP contribution in [0.5, 0.6) is 0 Å². The first-order valence-corrected chi connectivity index (χ1v) is 12.7. The Bertz CT molecular complexity index is 860. The molecule has 0 aromatic heterocycles. The predicted molar refractivity (Wildman–Crippen MR) is 158 cm³/mol. The Kier molecular flexibility index (Phi) is 29.3. The van der Waals surface area contributed by atoms with Crippen molar-refractivity contribution in [3.8, 4) is 0 Å². The van der Waals surface area contributed by atoms with Gasteiger partial charge < -0.3 is 25.0 Å². The minimum atomic E-state index is -0.308. The molecular formula is C29H47FN4O5. The van der Waals surface area contributed by atoms with E-state index in [1.54, 1.807) is 43.2 Å². The average molecular weight is 551 g/mol. The number of likely N-dealkylation sites (N-methyl/N-ethyl adjacent to an activating group) is 1. The summed E-state index contributed by atoms with van der Waals surface area (Å²) in [7, 11) is 1.59. The molecule has 0 saturated heterocycles. The lowest BCUT2D eigenvalue weighted by molar-refractivity contribution is -0.129. The van der Waals surface area contributed by atoms with Crippen LogP contribution in [0.4, 0.5) is 4.39 Å². The van der Waals surface area contributed by atoms with Crippen molar-refractivity contribution in [2.45, 2.75) is 41.0 Å². The van der Waals surface area contributed by atoms with Crippen molar-refractivity contribution in [3.63, 3.8) is 0 Å². The first-order chi connectivity index (χ1) is 18.7. The van der Waals surface area contributed by atoms with Gasteiger partial charge in [-0.15, -0.1) is 0 Å². The molecule has 0 fully saturated rings. The summed E-state index contributed by atoms with van der Waals surface area (Å²) in [4.78, 5) is 39.1. The van der Waals surface area contributed by atoms with Crippen LogP contribution in [-0.4, -0.2) is 76.3 Å². The molecule has 10 heteroatoms. The molecule has 0 bridgehead atoms. The molecule has 220 valence electrons. The third-order valence-corrected chi connectivity index (χ3v) is 4.59. The highest BCUT2D eigenvalue weighted by Crippen LogP contribution is 2.12. The zero-order chi connectivity index (χ0) is 30.5. The molecule has 0 aromatic carbocycles. The van der Waals surface area contributed by atoms with Gasteiger partial charge in [0.15, 0.2) is 5.76 Å². The molecule has 0 radical (unpaired) electrons. The third-order valence-electron chi connectivity index (χ3n) is 4.59. The number of amides is 3. The lowest BCUT2D eigenvalue weighted by Gasteiger charge is -2.20. The first-order valence-electron chi connectivity index (χ1n) is 12.7. The summed E-state index contributed by atoms with van der Waals surface area (Å²) in [6.45, 7) is 22.8. The van der Waals surface area contributed by atoms with E-state index in [1.807, 2.05) is 27.7 Å². The second-order valence-corrected chi connectivity index (χ2v) is 7.18. The molecule has 0 unspecified atom stereocenters. The van der Waals surface area contributed by atoms with Gasteiger partial charge in [0.05, 0.1) is 26.0 Å². The molecule has 0 atom stereocenters. The second-order valence-electron chi connectivity index (χ2n) is 7.18. The van der Waals surface area contributed by atoms with Crippen molar-refractivity contribution in [2.75, 3.05) is 46.4 Å². The van der Waals surface area contributed by atoms with Gasteiger partial charge in [0.25, 0.3) is 5.91 Å². The van der Waals surface area contributed by atoms with Crippen molar-refractivity contribution >= 4 is 24.9 Å². The van der Waals surface area contributed by atoms with Gasteiger partial charge in [-0.1, -0.05) is 45.2 Å². The van der Waals surface area contributed by atoms with Gasteiger partial charge in [0.2, 0.25) is 12.3 Å². The third kappa shape index (κ3) is 22.0. The number of nitrogens with one attached hydrogen (secondary N) is 2. The van der Waals surface area contributed by atoms with Gasteiger partial charge in [-0.25, -0.2) is 4.39 Å². The molecule has 39 heavy (non-hydrogen) atoms. The monoisotopic (exact) mass is 550 g/mol. The number of carbonyl (C=O) groups excluding carboxylic acids is 3. The number of nitrogens with zero attached hydrogens (tertiary/aromatic N) is 2. The molecule has 0 spiro atoms. The zero-order valence-electron chi connectivity index (χ0n) is 24.4. The topological polar surface area (TPSA) is 109 Å². The van der Waals surface area contributed by atoms with Crippen LogP contribution >= 0.6 is 0 Å². The van der Waals surface area contributed by atoms with E-state index in [4.69, 9.17) is 9.47 Å². The van der Waals surface area contributed by atoms with Crippen molar-refractivity contribution in [1.82, 2.24) is 15.5 Å². The maximum absolute atomic E-state index is 12.2. The summed E-state index contributed by atoms with van der Waals surface area (Å²) in [6.07, 6.45) is 9.15. The van der Waals surface area contributed by atoms with Crippen LogP contribution in [-0.2, 0) is 23.9 Å². The quantitative estimate of drug-likeness (QED) is 0.0656. The van der Waals surface area contributed by atoms with Gasteiger partial charge in [-0.2, -0.15) is 0 Å². The van der Waals surface area contributed by atoms with Crippen molar-refractivity contribution < 1.29 is 28.2 Å². The molecule has 3 amide bonds. The molecule has 0 aliphatic rings. The number of ether oxygens (including phenoxy) is 2. The maximum atomic E-state index is 12.2. The number of carbonyl (C=O) groups is 3. The fraction of sp³-hybridized carbons (Fsp3) is 0.448. The average Bonchev–Trinajstić information content (AvgIpc) is 2.96. The van der Waals surface area contributed by atoms with E-state index >= 15 is 0 Å². The highest BCUT2D eigenvalue weighted by Gasteiger charge is 2.16. The normalized spacial score (nSPS) is 11.2. The SMILES string of the molecule is C=C/C(=C\C=C\F)C/C=C(/CNC=O)OC(=C)C(=O)N(CC)CC.C=NC/C=C(\C)C(=O)NCCOC.CC. The minimum Gasteiger partial charge on any atom is -0.455 e. The highest BCUT2D eigenvalue weighted by molar-refractivity contribution is 5.92. The van der Waals surface area contributed by atoms with Gasteiger partial charge >= 0.3 is 0 Å². The molecule has 0 heterocycles. The lowest BCUT2D eigenvalue weighted by Crippen LogP contribution is -2.32. The smallest absolute Gasteiger partial charge is 0.288 e. The van der Waals surface area contributed by atoms with Crippen molar-refractivity contribution in [2.24, 2.45) is 4.99 Å². The summed E-state index contributed by atoms with van der Waals surface area (Å²) in [5, 5.41) is 5.17. The molecule has 9 nitrogen and oxygen atoms in total. The number of halogens is 1. The Morgan fingerprint density at radius 3 is 2.28 bits per heavy atom. The van der Waals surface area contributed by atoms with E-state index in [1.165, 1.54) is 6.08 Å². The summed E-state index contributed by atoms with van der Waals surface area (Å²) < 4.78 is 22.3. The number of hydrogen-bond acceptors (Lipinski definition) is 6. The van der Waals surface area contributed by atoms with Crippen LogP contribution in [0, 0.1) is 0 Å². The Labute approximate surface area is 233 Å². The molecule has 0 rings (SSSR count). The molecule has 0 saturated carbocycles. The number of hydrogen-bond donors (Lipinski definition) is 2. The van der Waals surface area contributed by atoms with E-state index in [9.17, 15) is 18.8 Å². The maximum Gasteiger partial charge on any atom is 0.288 e. The molecular weight excluding hydrogens is 503 g/mol. The first kappa shape index (κ1) is 39.7. The Morgan fingerprint density at radius 1 is 1.15 bits per heavy atom. The van der Waals surface area contributed by atoms with Gasteiger partial charge in [-0.3, -0.25) is 19.4 Å². The summed E-state index contributed by atoms with van der Waals surface area (Å²) in [5.74, 6) is -0.0485. The van der Waals surface area contributed by atoms with E-state index in [2.05, 4.69) is 35.5 Å². The van der Waals surface area contributed by atoms with E-state index < -0.39 is 0 Å². The highest BCUT2D eigenvalue weighted by atomic mass is 19.1. The second kappa shape index (κ2) is 28.8. The Balaban J connectivity index is -0.000000728. The molecule has 0 aliphatic heterocycles. The fourth-order valence-corrected chi connectivity index (χ4v) is 2.49. The van der Waals surface area contributed by atoms with Crippen LogP contribution in [0.25, 0.3) is 0 Å². The summed E-state index contributed by atoms with van der Waals surface area (Å²) in [5.41, 5.74) is 1.40. The zero-order valence-corrected chi connectivity index (χ0v) is 24.4. The van der Waals surface area contributed by atoms with Crippen LogP contribution in [0.1, 0.15) is 41.0 Å². The lowest BCUT2D eigenvalue weighted by atomic mass is 10.1. The number of rotatable bonds is 18. The molecule has 0 aliphatic carbocycles. The standard InChI is InChI=1S/C18H25FN2O3.C9H16N2O2.C2H6/c1-5-16(9-8-12-19)10-11-17(13-20-14-22)24-15(4)18(23)21(6-2)7-3;1-8(4-5-10-2)9(12)11-6-7-13-3;1-2/h5,8-9,11-12,14H,1,4,6-7,10,13H2,2-3H3,(H,20,22);4H,2,5-7H2,1,3H3,(H,11,12);1-2H3/b12-8+,16-9+,17-11-;8-4+;. The van der Waals surface area contributed by atoms with Crippen LogP contribution in [0.2, 0.25) is 0 Å². The largest absolute Gasteiger partial charge is 0.455 e. The number of methoxy groups -OCH3 is 1. The van der Waals surface area contributed by atoms with E-state index in [0.29, 0.717) is 63.3 Å². The van der Waals surface area contributed by atoms with Gasteiger partial charge in [0.1, 0.15) is 5.76 Å². The number of allylic oxidation sites excluding steroid dienone is 5.